The topological polar surface area (TPSA) is 38.1 Å². The Morgan fingerprint density at radius 1 is 1.25 bits per heavy atom. The van der Waals surface area contributed by atoms with Crippen LogP contribution >= 0.6 is 0 Å². The average molecular weight is 335 g/mol. The maximum atomic E-state index is 13.1. The molecule has 1 saturated heterocycles. The monoisotopic (exact) mass is 335 g/mol. The minimum Gasteiger partial charge on any atom is -0.293 e. The van der Waals surface area contributed by atoms with Crippen molar-refractivity contribution in [3.63, 3.8) is 0 Å². The molecule has 0 bridgehead atoms. The minimum absolute atomic E-state index is 0.0662. The molecule has 0 aliphatic carbocycles. The molecule has 2 aromatic rings. The molecule has 1 aromatic heterocycles. The molecule has 1 aliphatic rings. The van der Waals surface area contributed by atoms with Gasteiger partial charge in [0.1, 0.15) is 5.82 Å². The SMILES string of the molecule is CC(C)CN1CCCC1c1nc2ccccc2c(=O)n1CC(F)F. The Morgan fingerprint density at radius 3 is 2.71 bits per heavy atom. The molecule has 1 unspecified atom stereocenters. The largest absolute Gasteiger partial charge is 0.293 e. The highest BCUT2D eigenvalue weighted by Gasteiger charge is 2.31. The molecular formula is C18H23F2N3O. The third kappa shape index (κ3) is 3.34. The van der Waals surface area contributed by atoms with Gasteiger partial charge in [-0.3, -0.25) is 14.3 Å². The van der Waals surface area contributed by atoms with E-state index < -0.39 is 13.0 Å². The minimum atomic E-state index is -2.58. The van der Waals surface area contributed by atoms with E-state index in [9.17, 15) is 13.6 Å². The normalized spacial score (nSPS) is 19.0. The molecule has 2 heterocycles. The van der Waals surface area contributed by atoms with Crippen LogP contribution < -0.4 is 5.56 Å². The Kier molecular flexibility index (Phi) is 4.94. The molecule has 1 fully saturated rings. The molecule has 0 spiro atoms. The molecule has 1 aliphatic heterocycles. The molecule has 24 heavy (non-hydrogen) atoms. The van der Waals surface area contributed by atoms with Crippen LogP contribution in [0.3, 0.4) is 0 Å². The van der Waals surface area contributed by atoms with Gasteiger partial charge in [0.05, 0.1) is 23.5 Å². The second-order valence-corrected chi connectivity index (χ2v) is 6.84. The van der Waals surface area contributed by atoms with Gasteiger partial charge in [0.15, 0.2) is 0 Å². The Labute approximate surface area is 140 Å². The lowest BCUT2D eigenvalue weighted by atomic mass is 10.1. The van der Waals surface area contributed by atoms with Crippen LogP contribution in [0.2, 0.25) is 0 Å². The summed E-state index contributed by atoms with van der Waals surface area (Å²) in [4.78, 5) is 19.6. The van der Waals surface area contributed by atoms with Gasteiger partial charge in [-0.25, -0.2) is 13.8 Å². The maximum Gasteiger partial charge on any atom is 0.261 e. The number of likely N-dealkylation sites (tertiary alicyclic amines) is 1. The number of benzene rings is 1. The van der Waals surface area contributed by atoms with Crippen LogP contribution in [0.4, 0.5) is 8.78 Å². The maximum absolute atomic E-state index is 13.1. The van der Waals surface area contributed by atoms with Gasteiger partial charge in [0.25, 0.3) is 12.0 Å². The molecule has 6 heteroatoms. The van der Waals surface area contributed by atoms with Crippen LogP contribution in [0.25, 0.3) is 10.9 Å². The number of nitrogens with zero attached hydrogens (tertiary/aromatic N) is 3. The van der Waals surface area contributed by atoms with Crippen LogP contribution in [0.5, 0.6) is 0 Å². The highest BCUT2D eigenvalue weighted by atomic mass is 19.3. The summed E-state index contributed by atoms with van der Waals surface area (Å²) in [5.41, 5.74) is 0.215. The van der Waals surface area contributed by atoms with Crippen molar-refractivity contribution in [2.45, 2.75) is 45.7 Å². The summed E-state index contributed by atoms with van der Waals surface area (Å²) in [7, 11) is 0. The van der Waals surface area contributed by atoms with Crippen molar-refractivity contribution in [1.82, 2.24) is 14.5 Å². The molecule has 1 aromatic carbocycles. The van der Waals surface area contributed by atoms with Crippen molar-refractivity contribution in [1.29, 1.82) is 0 Å². The first-order chi connectivity index (χ1) is 11.5. The predicted octanol–water partition coefficient (Wildman–Crippen LogP) is 3.45. The number of rotatable bonds is 5. The van der Waals surface area contributed by atoms with Gasteiger partial charge < -0.3 is 0 Å². The van der Waals surface area contributed by atoms with Gasteiger partial charge in [-0.05, 0) is 37.4 Å². The molecule has 0 N–H and O–H groups in total. The van der Waals surface area contributed by atoms with Crippen molar-refractivity contribution in [3.8, 4) is 0 Å². The second-order valence-electron chi connectivity index (χ2n) is 6.84. The average Bonchev–Trinajstić information content (AvgIpc) is 2.97. The third-order valence-corrected chi connectivity index (χ3v) is 4.47. The molecule has 1 atom stereocenters. The van der Waals surface area contributed by atoms with Crippen LogP contribution in [0.1, 0.15) is 38.6 Å². The predicted molar refractivity (Wildman–Crippen MR) is 90.4 cm³/mol. The zero-order chi connectivity index (χ0) is 17.3. The summed E-state index contributed by atoms with van der Waals surface area (Å²) in [5.74, 6) is 0.957. The molecule has 3 rings (SSSR count). The molecular weight excluding hydrogens is 312 g/mol. The highest BCUT2D eigenvalue weighted by molar-refractivity contribution is 5.77. The number of hydrogen-bond donors (Lipinski definition) is 0. The lowest BCUT2D eigenvalue weighted by molar-refractivity contribution is 0.119. The van der Waals surface area contributed by atoms with Crippen LogP contribution in [0, 0.1) is 5.92 Å². The van der Waals surface area contributed by atoms with E-state index in [-0.39, 0.29) is 11.6 Å². The summed E-state index contributed by atoms with van der Waals surface area (Å²) in [5, 5.41) is 0.398. The zero-order valence-electron chi connectivity index (χ0n) is 14.1. The van der Waals surface area contributed by atoms with E-state index in [1.54, 1.807) is 18.2 Å². The Bertz CT molecular complexity index is 772. The number of halogens is 2. The fraction of sp³-hybridized carbons (Fsp3) is 0.556. The van der Waals surface area contributed by atoms with Crippen molar-refractivity contribution < 1.29 is 8.78 Å². The van der Waals surface area contributed by atoms with Crippen molar-refractivity contribution in [2.75, 3.05) is 13.1 Å². The summed E-state index contributed by atoms with van der Waals surface area (Å²) in [6.07, 6.45) is -0.737. The summed E-state index contributed by atoms with van der Waals surface area (Å²) < 4.78 is 27.3. The smallest absolute Gasteiger partial charge is 0.261 e. The molecule has 130 valence electrons. The van der Waals surface area contributed by atoms with E-state index in [0.717, 1.165) is 25.9 Å². The van der Waals surface area contributed by atoms with Crippen molar-refractivity contribution >= 4 is 10.9 Å². The fourth-order valence-corrected chi connectivity index (χ4v) is 3.56. The summed E-state index contributed by atoms with van der Waals surface area (Å²) >= 11 is 0. The van der Waals surface area contributed by atoms with Crippen molar-refractivity contribution in [2.24, 2.45) is 5.92 Å². The summed E-state index contributed by atoms with van der Waals surface area (Å²) in [6.45, 7) is 5.46. The third-order valence-electron chi connectivity index (χ3n) is 4.47. The lowest BCUT2D eigenvalue weighted by Crippen LogP contribution is -2.35. The summed E-state index contributed by atoms with van der Waals surface area (Å²) in [6, 6.07) is 6.91. The van der Waals surface area contributed by atoms with Gasteiger partial charge in [0, 0.05) is 6.54 Å². The Morgan fingerprint density at radius 2 is 2.00 bits per heavy atom. The van der Waals surface area contributed by atoms with Gasteiger partial charge in [-0.1, -0.05) is 26.0 Å². The molecule has 0 amide bonds. The van der Waals surface area contributed by atoms with E-state index >= 15 is 0 Å². The lowest BCUT2D eigenvalue weighted by Gasteiger charge is -2.27. The molecule has 4 nitrogen and oxygen atoms in total. The number of fused-ring (bicyclic) bond motifs is 1. The van der Waals surface area contributed by atoms with Crippen LogP contribution in [-0.4, -0.2) is 34.0 Å². The van der Waals surface area contributed by atoms with E-state index in [1.807, 2.05) is 6.07 Å². The fourth-order valence-electron chi connectivity index (χ4n) is 3.56. The number of hydrogen-bond acceptors (Lipinski definition) is 3. The Hall–Kier alpha value is -1.82. The highest BCUT2D eigenvalue weighted by Crippen LogP contribution is 2.31. The quantitative estimate of drug-likeness (QED) is 0.840. The van der Waals surface area contributed by atoms with Crippen LogP contribution in [0.15, 0.2) is 29.1 Å². The standard InChI is InChI=1S/C18H23F2N3O/c1-12(2)10-22-9-5-8-15(22)17-21-14-7-4-3-6-13(14)18(24)23(17)11-16(19)20/h3-4,6-7,12,15-16H,5,8-11H2,1-2H3. The van der Waals surface area contributed by atoms with Crippen molar-refractivity contribution in [3.05, 3.63) is 40.4 Å². The molecule has 0 saturated carbocycles. The first-order valence-corrected chi connectivity index (χ1v) is 8.49. The number of alkyl halides is 2. The van der Waals surface area contributed by atoms with Crippen LogP contribution in [-0.2, 0) is 6.54 Å². The zero-order valence-corrected chi connectivity index (χ0v) is 14.1. The first kappa shape index (κ1) is 17.0. The van der Waals surface area contributed by atoms with E-state index in [1.165, 1.54) is 4.57 Å². The van der Waals surface area contributed by atoms with E-state index in [2.05, 4.69) is 23.7 Å². The van der Waals surface area contributed by atoms with Gasteiger partial charge in [-0.2, -0.15) is 0 Å². The first-order valence-electron chi connectivity index (χ1n) is 8.49. The van der Waals surface area contributed by atoms with E-state index in [0.29, 0.717) is 22.6 Å². The van der Waals surface area contributed by atoms with E-state index in [4.69, 9.17) is 0 Å². The van der Waals surface area contributed by atoms with Gasteiger partial charge >= 0.3 is 0 Å². The second kappa shape index (κ2) is 6.97. The number of para-hydroxylation sites is 1. The molecule has 0 radical (unpaired) electrons. The Balaban J connectivity index is 2.12. The number of aromatic nitrogens is 2. The van der Waals surface area contributed by atoms with Gasteiger partial charge in [0.2, 0.25) is 0 Å². The van der Waals surface area contributed by atoms with Gasteiger partial charge in [-0.15, -0.1) is 0 Å².